The molecule has 3 heteroatoms. The van der Waals surface area contributed by atoms with Crippen LogP contribution in [-0.2, 0) is 4.74 Å². The van der Waals surface area contributed by atoms with Crippen molar-refractivity contribution in [2.45, 2.75) is 0 Å². The predicted octanol–water partition coefficient (Wildman–Crippen LogP) is 3.14. The normalized spacial score (nSPS) is 9.78. The van der Waals surface area contributed by atoms with Gasteiger partial charge in [0.2, 0.25) is 0 Å². The SMILES string of the molecule is C=Cc1c(C#N)cc2ccccc2c1C(=O)OC. The number of hydrogen-bond acceptors (Lipinski definition) is 3. The Balaban J connectivity index is 2.96. The summed E-state index contributed by atoms with van der Waals surface area (Å²) >= 11 is 0. The Bertz CT molecular complexity index is 681. The average molecular weight is 237 g/mol. The first-order valence-corrected chi connectivity index (χ1v) is 5.39. The molecule has 0 spiro atoms. The maximum Gasteiger partial charge on any atom is 0.339 e. The third-order valence-electron chi connectivity index (χ3n) is 2.80. The second-order valence-electron chi connectivity index (χ2n) is 3.74. The highest BCUT2D eigenvalue weighted by molar-refractivity contribution is 6.08. The molecule has 0 aromatic heterocycles. The Morgan fingerprint density at radius 1 is 1.44 bits per heavy atom. The van der Waals surface area contributed by atoms with E-state index in [1.54, 1.807) is 6.07 Å². The van der Waals surface area contributed by atoms with Crippen molar-refractivity contribution < 1.29 is 9.53 Å². The molecular weight excluding hydrogens is 226 g/mol. The van der Waals surface area contributed by atoms with Crippen LogP contribution in [0.1, 0.15) is 21.5 Å². The zero-order valence-corrected chi connectivity index (χ0v) is 9.93. The number of nitrogens with zero attached hydrogens (tertiary/aromatic N) is 1. The van der Waals surface area contributed by atoms with E-state index in [-0.39, 0.29) is 0 Å². The van der Waals surface area contributed by atoms with Gasteiger partial charge in [0.25, 0.3) is 0 Å². The molecule has 0 aliphatic rings. The van der Waals surface area contributed by atoms with Crippen LogP contribution in [0, 0.1) is 11.3 Å². The molecule has 0 radical (unpaired) electrons. The molecule has 0 bridgehead atoms. The van der Waals surface area contributed by atoms with Crippen LogP contribution in [0.25, 0.3) is 16.8 Å². The summed E-state index contributed by atoms with van der Waals surface area (Å²) in [7, 11) is 1.32. The minimum absolute atomic E-state index is 0.391. The molecule has 0 amide bonds. The van der Waals surface area contributed by atoms with E-state index in [4.69, 9.17) is 10.00 Å². The smallest absolute Gasteiger partial charge is 0.339 e. The number of hydrogen-bond donors (Lipinski definition) is 0. The number of rotatable bonds is 2. The average Bonchev–Trinajstić information content (AvgIpc) is 2.44. The summed E-state index contributed by atoms with van der Waals surface area (Å²) in [6.45, 7) is 3.66. The van der Waals surface area contributed by atoms with Gasteiger partial charge >= 0.3 is 5.97 Å². The minimum Gasteiger partial charge on any atom is -0.465 e. The maximum atomic E-state index is 11.9. The fraction of sp³-hybridized carbons (Fsp3) is 0.0667. The van der Waals surface area contributed by atoms with Crippen molar-refractivity contribution in [2.24, 2.45) is 0 Å². The van der Waals surface area contributed by atoms with Crippen LogP contribution in [0.3, 0.4) is 0 Å². The van der Waals surface area contributed by atoms with Crippen LogP contribution < -0.4 is 0 Å². The van der Waals surface area contributed by atoms with Crippen LogP contribution in [0.5, 0.6) is 0 Å². The lowest BCUT2D eigenvalue weighted by Gasteiger charge is -2.10. The van der Waals surface area contributed by atoms with Gasteiger partial charge in [-0.25, -0.2) is 4.79 Å². The fourth-order valence-corrected chi connectivity index (χ4v) is 1.99. The Morgan fingerprint density at radius 3 is 2.78 bits per heavy atom. The second kappa shape index (κ2) is 4.72. The first-order chi connectivity index (χ1) is 8.72. The largest absolute Gasteiger partial charge is 0.465 e. The third kappa shape index (κ3) is 1.74. The zero-order valence-electron chi connectivity index (χ0n) is 9.93. The molecule has 0 aliphatic heterocycles. The lowest BCUT2D eigenvalue weighted by atomic mass is 9.94. The molecule has 18 heavy (non-hydrogen) atoms. The lowest BCUT2D eigenvalue weighted by molar-refractivity contribution is 0.0603. The molecule has 3 nitrogen and oxygen atoms in total. The monoisotopic (exact) mass is 237 g/mol. The summed E-state index contributed by atoms with van der Waals surface area (Å²) in [5.74, 6) is -0.460. The van der Waals surface area contributed by atoms with Gasteiger partial charge in [-0.2, -0.15) is 5.26 Å². The van der Waals surface area contributed by atoms with Gasteiger partial charge in [-0.3, -0.25) is 0 Å². The number of carbonyl (C=O) groups is 1. The Labute approximate surface area is 105 Å². The van der Waals surface area contributed by atoms with E-state index in [1.165, 1.54) is 13.2 Å². The molecule has 2 rings (SSSR count). The number of benzene rings is 2. The lowest BCUT2D eigenvalue weighted by Crippen LogP contribution is -2.06. The minimum atomic E-state index is -0.460. The van der Waals surface area contributed by atoms with Crippen LogP contribution in [0.15, 0.2) is 36.9 Å². The summed E-state index contributed by atoms with van der Waals surface area (Å²) in [6.07, 6.45) is 1.51. The molecule has 0 saturated heterocycles. The van der Waals surface area contributed by atoms with E-state index in [0.29, 0.717) is 16.7 Å². The molecule has 2 aromatic rings. The summed E-state index contributed by atoms with van der Waals surface area (Å²) in [5.41, 5.74) is 1.33. The third-order valence-corrected chi connectivity index (χ3v) is 2.80. The van der Waals surface area contributed by atoms with Gasteiger partial charge in [0.15, 0.2) is 0 Å². The van der Waals surface area contributed by atoms with Crippen molar-refractivity contribution in [3.05, 3.63) is 53.6 Å². The van der Waals surface area contributed by atoms with Crippen molar-refractivity contribution in [2.75, 3.05) is 7.11 Å². The topological polar surface area (TPSA) is 50.1 Å². The quantitative estimate of drug-likeness (QED) is 0.754. The first kappa shape index (κ1) is 11.9. The van der Waals surface area contributed by atoms with Crippen LogP contribution in [0.4, 0.5) is 0 Å². The molecule has 0 atom stereocenters. The molecule has 0 fully saturated rings. The van der Waals surface area contributed by atoms with E-state index >= 15 is 0 Å². The highest BCUT2D eigenvalue weighted by atomic mass is 16.5. The van der Waals surface area contributed by atoms with Crippen molar-refractivity contribution >= 4 is 22.8 Å². The molecule has 88 valence electrons. The number of methoxy groups -OCH3 is 1. The molecule has 2 aromatic carbocycles. The van der Waals surface area contributed by atoms with Gasteiger partial charge in [-0.15, -0.1) is 0 Å². The number of carbonyl (C=O) groups excluding carboxylic acids is 1. The van der Waals surface area contributed by atoms with Gasteiger partial charge in [0.05, 0.1) is 24.3 Å². The number of ether oxygens (including phenoxy) is 1. The Kier molecular flexibility index (Phi) is 3.11. The van der Waals surface area contributed by atoms with E-state index < -0.39 is 5.97 Å². The Hall–Kier alpha value is -2.60. The van der Waals surface area contributed by atoms with Crippen molar-refractivity contribution in [1.29, 1.82) is 5.26 Å². The van der Waals surface area contributed by atoms with Crippen molar-refractivity contribution in [3.8, 4) is 6.07 Å². The van der Waals surface area contributed by atoms with Gasteiger partial charge < -0.3 is 4.74 Å². The summed E-state index contributed by atoms with van der Waals surface area (Å²) < 4.78 is 4.79. The second-order valence-corrected chi connectivity index (χ2v) is 3.74. The molecule has 0 aliphatic carbocycles. The molecule has 0 heterocycles. The highest BCUT2D eigenvalue weighted by Crippen LogP contribution is 2.27. The fourth-order valence-electron chi connectivity index (χ4n) is 1.99. The summed E-state index contributed by atoms with van der Waals surface area (Å²) in [4.78, 5) is 11.9. The predicted molar refractivity (Wildman–Crippen MR) is 70.1 cm³/mol. The standard InChI is InChI=1S/C15H11NO2/c1-3-12-11(9-16)8-10-6-4-5-7-13(10)14(12)15(17)18-2/h3-8H,1H2,2H3. The van der Waals surface area contributed by atoms with E-state index in [0.717, 1.165) is 10.8 Å². The van der Waals surface area contributed by atoms with E-state index in [1.807, 2.05) is 24.3 Å². The van der Waals surface area contributed by atoms with E-state index in [9.17, 15) is 4.79 Å². The zero-order chi connectivity index (χ0) is 13.1. The van der Waals surface area contributed by atoms with Crippen LogP contribution in [-0.4, -0.2) is 13.1 Å². The number of esters is 1. The molecule has 0 N–H and O–H groups in total. The number of fused-ring (bicyclic) bond motifs is 1. The van der Waals surface area contributed by atoms with Gasteiger partial charge in [0, 0.05) is 5.56 Å². The Morgan fingerprint density at radius 2 is 2.17 bits per heavy atom. The molecule has 0 saturated carbocycles. The maximum absolute atomic E-state index is 11.9. The van der Waals surface area contributed by atoms with E-state index in [2.05, 4.69) is 12.6 Å². The van der Waals surface area contributed by atoms with Gasteiger partial charge in [-0.1, -0.05) is 36.9 Å². The van der Waals surface area contributed by atoms with Crippen LogP contribution >= 0.6 is 0 Å². The van der Waals surface area contributed by atoms with Gasteiger partial charge in [0.1, 0.15) is 0 Å². The number of nitriles is 1. The van der Waals surface area contributed by atoms with Crippen LogP contribution in [0.2, 0.25) is 0 Å². The first-order valence-electron chi connectivity index (χ1n) is 5.39. The molecular formula is C15H11NO2. The van der Waals surface area contributed by atoms with Crippen molar-refractivity contribution in [3.63, 3.8) is 0 Å². The summed E-state index contributed by atoms with van der Waals surface area (Å²) in [5, 5.41) is 10.7. The van der Waals surface area contributed by atoms with Gasteiger partial charge in [-0.05, 0) is 16.8 Å². The molecule has 0 unspecified atom stereocenters. The van der Waals surface area contributed by atoms with Crippen molar-refractivity contribution in [1.82, 2.24) is 0 Å². The highest BCUT2D eigenvalue weighted by Gasteiger charge is 2.17. The summed E-state index contributed by atoms with van der Waals surface area (Å²) in [6, 6.07) is 11.2.